The summed E-state index contributed by atoms with van der Waals surface area (Å²) in [7, 11) is 0. The van der Waals surface area contributed by atoms with Crippen molar-refractivity contribution in [3.63, 3.8) is 0 Å². The number of rotatable bonds is 5. The fraction of sp³-hybridized carbons (Fsp3) is 0.350. The highest BCUT2D eigenvalue weighted by Crippen LogP contribution is 2.19. The van der Waals surface area contributed by atoms with Crippen LogP contribution in [0.2, 0.25) is 0 Å². The first-order chi connectivity index (χ1) is 13.1. The number of hydrogen-bond donors (Lipinski definition) is 1. The Morgan fingerprint density at radius 3 is 2.85 bits per heavy atom. The molecule has 0 saturated carbocycles. The summed E-state index contributed by atoms with van der Waals surface area (Å²) in [6, 6.07) is 10.2. The minimum absolute atomic E-state index is 0.0392. The number of H-pyrrole nitrogens is 1. The molecule has 27 heavy (non-hydrogen) atoms. The first-order valence-electron chi connectivity index (χ1n) is 9.18. The van der Waals surface area contributed by atoms with E-state index >= 15 is 0 Å². The zero-order chi connectivity index (χ0) is 18.8. The van der Waals surface area contributed by atoms with Crippen LogP contribution in [0.3, 0.4) is 0 Å². The summed E-state index contributed by atoms with van der Waals surface area (Å²) >= 11 is 6.73. The van der Waals surface area contributed by atoms with E-state index in [-0.39, 0.29) is 11.5 Å². The first-order valence-corrected chi connectivity index (χ1v) is 10.5. The van der Waals surface area contributed by atoms with Crippen molar-refractivity contribution in [2.24, 2.45) is 0 Å². The number of aromatic nitrogens is 2. The number of carbonyl (C=O) groups is 1. The van der Waals surface area contributed by atoms with E-state index in [2.05, 4.69) is 23.2 Å². The van der Waals surface area contributed by atoms with Crippen molar-refractivity contribution in [1.82, 2.24) is 14.5 Å². The summed E-state index contributed by atoms with van der Waals surface area (Å²) in [6.07, 6.45) is 2.94. The predicted octanol–water partition coefficient (Wildman–Crippen LogP) is 3.88. The number of hydrogen-bond acceptors (Lipinski definition) is 4. The molecular weight excluding hydrogens is 378 g/mol. The van der Waals surface area contributed by atoms with Crippen LogP contribution in [0.15, 0.2) is 40.5 Å². The van der Waals surface area contributed by atoms with Crippen LogP contribution < -0.4 is 5.56 Å². The highest BCUT2D eigenvalue weighted by molar-refractivity contribution is 7.71. The summed E-state index contributed by atoms with van der Waals surface area (Å²) < 4.78 is 2.76. The van der Waals surface area contributed by atoms with Gasteiger partial charge >= 0.3 is 0 Å². The van der Waals surface area contributed by atoms with Gasteiger partial charge in [-0.1, -0.05) is 24.3 Å². The van der Waals surface area contributed by atoms with Crippen molar-refractivity contribution in [2.75, 3.05) is 6.54 Å². The minimum Gasteiger partial charge on any atom is -0.338 e. The molecule has 1 amide bonds. The fourth-order valence-electron chi connectivity index (χ4n) is 3.59. The molecule has 0 saturated heterocycles. The molecule has 0 bridgehead atoms. The van der Waals surface area contributed by atoms with Crippen LogP contribution in [0.25, 0.3) is 10.2 Å². The molecule has 5 nitrogen and oxygen atoms in total. The average Bonchev–Trinajstić information content (AvgIpc) is 3.15. The van der Waals surface area contributed by atoms with Crippen LogP contribution in [-0.4, -0.2) is 26.9 Å². The van der Waals surface area contributed by atoms with Crippen LogP contribution >= 0.6 is 23.6 Å². The van der Waals surface area contributed by atoms with Gasteiger partial charge in [-0.2, -0.15) is 0 Å². The number of fused-ring (bicyclic) bond motifs is 2. The van der Waals surface area contributed by atoms with Gasteiger partial charge in [0, 0.05) is 26.1 Å². The number of thiophene rings is 1. The molecule has 7 heteroatoms. The summed E-state index contributed by atoms with van der Waals surface area (Å²) in [5.41, 5.74) is 3.35. The van der Waals surface area contributed by atoms with Gasteiger partial charge in [0.05, 0.1) is 5.52 Å². The van der Waals surface area contributed by atoms with Crippen LogP contribution in [0.5, 0.6) is 0 Å². The summed E-state index contributed by atoms with van der Waals surface area (Å²) in [6.45, 7) is 2.03. The van der Waals surface area contributed by atoms with Crippen LogP contribution in [0, 0.1) is 4.77 Å². The lowest BCUT2D eigenvalue weighted by atomic mass is 9.99. The first kappa shape index (κ1) is 18.1. The maximum Gasteiger partial charge on any atom is 0.272 e. The van der Waals surface area contributed by atoms with Crippen molar-refractivity contribution in [3.05, 3.63) is 62.0 Å². The molecule has 1 aromatic carbocycles. The van der Waals surface area contributed by atoms with Gasteiger partial charge in [0.2, 0.25) is 5.91 Å². The molecule has 140 valence electrons. The van der Waals surface area contributed by atoms with Gasteiger partial charge in [0.1, 0.15) is 4.70 Å². The zero-order valence-corrected chi connectivity index (χ0v) is 16.6. The second kappa shape index (κ2) is 7.78. The van der Waals surface area contributed by atoms with Crippen molar-refractivity contribution in [2.45, 2.75) is 38.8 Å². The molecule has 0 unspecified atom stereocenters. The Kier molecular flexibility index (Phi) is 5.22. The molecule has 1 aliphatic rings. The third kappa shape index (κ3) is 3.75. The molecule has 0 aliphatic carbocycles. The Bertz CT molecular complexity index is 1100. The number of aromatic amines is 1. The Morgan fingerprint density at radius 1 is 1.19 bits per heavy atom. The minimum atomic E-state index is -0.0392. The largest absolute Gasteiger partial charge is 0.338 e. The SMILES string of the molecule is O=C(CCCCn1c(=S)[nH]c2ccsc2c1=O)N1CCc2ccccc2C1. The Morgan fingerprint density at radius 2 is 2.00 bits per heavy atom. The van der Waals surface area contributed by atoms with Gasteiger partial charge in [-0.25, -0.2) is 0 Å². The second-order valence-corrected chi connectivity index (χ2v) is 8.14. The summed E-state index contributed by atoms with van der Waals surface area (Å²) in [4.78, 5) is 30.1. The molecule has 0 atom stereocenters. The number of nitrogens with zero attached hydrogens (tertiary/aromatic N) is 2. The normalized spacial score (nSPS) is 13.7. The molecule has 3 heterocycles. The second-order valence-electron chi connectivity index (χ2n) is 6.84. The smallest absolute Gasteiger partial charge is 0.272 e. The predicted molar refractivity (Wildman–Crippen MR) is 111 cm³/mol. The van der Waals surface area contributed by atoms with E-state index < -0.39 is 0 Å². The van der Waals surface area contributed by atoms with Crippen molar-refractivity contribution in [3.8, 4) is 0 Å². The topological polar surface area (TPSA) is 58.1 Å². The van der Waals surface area contributed by atoms with E-state index in [1.54, 1.807) is 4.57 Å². The number of nitrogens with one attached hydrogen (secondary N) is 1. The van der Waals surface area contributed by atoms with Crippen LogP contribution in [-0.2, 0) is 24.3 Å². The van der Waals surface area contributed by atoms with Crippen molar-refractivity contribution in [1.29, 1.82) is 0 Å². The standard InChI is InChI=1S/C20H21N3O2S2/c24-17(22-11-8-14-5-1-2-6-15(14)13-22)7-3-4-10-23-19(25)18-16(9-12-27-18)21-20(23)26/h1-2,5-6,9,12H,3-4,7-8,10-11,13H2,(H,21,26). The molecule has 0 fully saturated rings. The number of unbranched alkanes of at least 4 members (excludes halogenated alkanes) is 1. The highest BCUT2D eigenvalue weighted by atomic mass is 32.1. The Hall–Kier alpha value is -2.25. The molecular formula is C20H21N3O2S2. The van der Waals surface area contributed by atoms with E-state index in [1.165, 1.54) is 22.5 Å². The Labute approximate surface area is 166 Å². The monoisotopic (exact) mass is 399 g/mol. The molecule has 0 radical (unpaired) electrons. The molecule has 2 aromatic heterocycles. The molecule has 1 aliphatic heterocycles. The van der Waals surface area contributed by atoms with E-state index in [0.717, 1.165) is 31.3 Å². The van der Waals surface area contributed by atoms with E-state index in [9.17, 15) is 9.59 Å². The zero-order valence-electron chi connectivity index (χ0n) is 14.9. The van der Waals surface area contributed by atoms with Gasteiger partial charge < -0.3 is 9.88 Å². The maximum atomic E-state index is 12.5. The van der Waals surface area contributed by atoms with Gasteiger partial charge in [-0.15, -0.1) is 11.3 Å². The lowest BCUT2D eigenvalue weighted by Gasteiger charge is -2.29. The average molecular weight is 400 g/mol. The van der Waals surface area contributed by atoms with Gasteiger partial charge in [-0.05, 0) is 54.1 Å². The van der Waals surface area contributed by atoms with E-state index in [0.29, 0.717) is 29.0 Å². The fourth-order valence-corrected chi connectivity index (χ4v) is 4.67. The van der Waals surface area contributed by atoms with E-state index in [1.807, 2.05) is 22.4 Å². The summed E-state index contributed by atoms with van der Waals surface area (Å²) in [5, 5.41) is 1.89. The van der Waals surface area contributed by atoms with Crippen LogP contribution in [0.1, 0.15) is 30.4 Å². The summed E-state index contributed by atoms with van der Waals surface area (Å²) in [5.74, 6) is 0.190. The molecule has 3 aromatic rings. The van der Waals surface area contributed by atoms with E-state index in [4.69, 9.17) is 12.2 Å². The molecule has 4 rings (SSSR count). The third-order valence-electron chi connectivity index (χ3n) is 5.10. The Balaban J connectivity index is 1.33. The lowest BCUT2D eigenvalue weighted by Crippen LogP contribution is -2.35. The quantitative estimate of drug-likeness (QED) is 0.523. The van der Waals surface area contributed by atoms with Crippen molar-refractivity contribution < 1.29 is 4.79 Å². The number of carbonyl (C=O) groups excluding carboxylic acids is 1. The highest BCUT2D eigenvalue weighted by Gasteiger charge is 2.19. The van der Waals surface area contributed by atoms with Gasteiger partial charge in [-0.3, -0.25) is 14.2 Å². The molecule has 1 N–H and O–H groups in total. The molecule has 0 spiro atoms. The number of benzene rings is 1. The van der Waals surface area contributed by atoms with Crippen LogP contribution in [0.4, 0.5) is 0 Å². The van der Waals surface area contributed by atoms with Gasteiger partial charge in [0.25, 0.3) is 5.56 Å². The number of amides is 1. The third-order valence-corrected chi connectivity index (χ3v) is 6.32. The van der Waals surface area contributed by atoms with Gasteiger partial charge in [0.15, 0.2) is 4.77 Å². The van der Waals surface area contributed by atoms with Crippen molar-refractivity contribution >= 4 is 39.7 Å². The maximum absolute atomic E-state index is 12.5. The lowest BCUT2D eigenvalue weighted by molar-refractivity contribution is -0.132.